The summed E-state index contributed by atoms with van der Waals surface area (Å²) in [5.41, 5.74) is 7.32. The van der Waals surface area contributed by atoms with Crippen LogP contribution in [-0.2, 0) is 6.42 Å². The van der Waals surface area contributed by atoms with Gasteiger partial charge in [-0.1, -0.05) is 0 Å². The first kappa shape index (κ1) is 12.6. The molecule has 0 aliphatic rings. The lowest BCUT2D eigenvalue weighted by atomic mass is 10.1. The molecule has 1 unspecified atom stereocenters. The zero-order valence-corrected chi connectivity index (χ0v) is 9.52. The van der Waals surface area contributed by atoms with Gasteiger partial charge >= 0.3 is 0 Å². The number of hydrogen-bond donors (Lipinski definition) is 2. The largest absolute Gasteiger partial charge is 0.346 e. The lowest BCUT2D eigenvalue weighted by molar-refractivity contribution is 0.425. The Morgan fingerprint density at radius 2 is 2.15 bits per heavy atom. The Labute approximate surface area is 87.7 Å². The molecule has 0 amide bonds. The average Bonchev–Trinajstić information content (AvgIpc) is 2.30. The number of H-pyrrole nitrogens is 1. The van der Waals surface area contributed by atoms with Gasteiger partial charge in [-0.25, -0.2) is 9.37 Å². The van der Waals surface area contributed by atoms with Gasteiger partial charge in [-0.2, -0.15) is 0 Å². The molecule has 0 aliphatic heterocycles. The van der Waals surface area contributed by atoms with Crippen molar-refractivity contribution in [1.29, 1.82) is 0 Å². The molecule has 1 rings (SSSR count). The SMILES string of the molecule is Br.Cc1nc(C)c(CC(N)CF)[nH]1. The predicted octanol–water partition coefficient (Wildman–Crippen LogP) is 1.44. The minimum atomic E-state index is -0.489. The molecule has 0 fully saturated rings. The standard InChI is InChI=1S/C8H14FN3.BrH/c1-5-8(3-7(10)4-9)12-6(2)11-5;/h7H,3-4,10H2,1-2H3,(H,11,12);1H. The Balaban J connectivity index is 0.00000144. The van der Waals surface area contributed by atoms with E-state index in [-0.39, 0.29) is 17.0 Å². The normalized spacial score (nSPS) is 12.3. The van der Waals surface area contributed by atoms with E-state index >= 15 is 0 Å². The van der Waals surface area contributed by atoms with Crippen LogP contribution in [0.1, 0.15) is 17.2 Å². The van der Waals surface area contributed by atoms with Crippen LogP contribution in [0, 0.1) is 13.8 Å². The van der Waals surface area contributed by atoms with Crippen molar-refractivity contribution in [1.82, 2.24) is 9.97 Å². The highest BCUT2D eigenvalue weighted by atomic mass is 79.9. The molecule has 1 heterocycles. The van der Waals surface area contributed by atoms with Crippen LogP contribution in [0.5, 0.6) is 0 Å². The molecule has 0 saturated carbocycles. The summed E-state index contributed by atoms with van der Waals surface area (Å²) in [4.78, 5) is 7.22. The molecule has 0 spiro atoms. The van der Waals surface area contributed by atoms with Crippen molar-refractivity contribution in [3.8, 4) is 0 Å². The molecule has 0 saturated heterocycles. The molecule has 76 valence electrons. The van der Waals surface area contributed by atoms with E-state index in [0.29, 0.717) is 6.42 Å². The Kier molecular flexibility index (Phi) is 5.17. The van der Waals surface area contributed by atoms with Gasteiger partial charge in [0.2, 0.25) is 0 Å². The molecular formula is C8H15BrFN3. The first-order valence-corrected chi connectivity index (χ1v) is 3.97. The monoisotopic (exact) mass is 251 g/mol. The fourth-order valence-electron chi connectivity index (χ4n) is 1.17. The maximum atomic E-state index is 12.1. The van der Waals surface area contributed by atoms with Crippen LogP contribution in [0.3, 0.4) is 0 Å². The zero-order chi connectivity index (χ0) is 9.14. The Hall–Kier alpha value is -0.420. The average molecular weight is 252 g/mol. The number of nitrogens with one attached hydrogen (secondary N) is 1. The van der Waals surface area contributed by atoms with E-state index in [1.807, 2.05) is 13.8 Å². The van der Waals surface area contributed by atoms with Crippen LogP contribution in [-0.4, -0.2) is 22.7 Å². The van der Waals surface area contributed by atoms with Gasteiger partial charge in [0.05, 0.1) is 5.69 Å². The predicted molar refractivity (Wildman–Crippen MR) is 56.0 cm³/mol. The first-order chi connectivity index (χ1) is 5.63. The van der Waals surface area contributed by atoms with Gasteiger partial charge in [-0.05, 0) is 13.8 Å². The summed E-state index contributed by atoms with van der Waals surface area (Å²) in [6.45, 7) is 3.28. The van der Waals surface area contributed by atoms with E-state index in [1.54, 1.807) is 0 Å². The second-order valence-electron chi connectivity index (χ2n) is 3.00. The van der Waals surface area contributed by atoms with Crippen LogP contribution >= 0.6 is 17.0 Å². The minimum absolute atomic E-state index is 0. The summed E-state index contributed by atoms with van der Waals surface area (Å²) in [6, 6.07) is -0.413. The topological polar surface area (TPSA) is 54.7 Å². The molecule has 0 bridgehead atoms. The van der Waals surface area contributed by atoms with Crippen LogP contribution in [0.4, 0.5) is 4.39 Å². The number of imidazole rings is 1. The lowest BCUT2D eigenvalue weighted by Crippen LogP contribution is -2.25. The Morgan fingerprint density at radius 3 is 2.54 bits per heavy atom. The number of halogens is 2. The molecule has 0 aliphatic carbocycles. The quantitative estimate of drug-likeness (QED) is 0.855. The second kappa shape index (κ2) is 5.34. The van der Waals surface area contributed by atoms with Crippen LogP contribution < -0.4 is 5.73 Å². The summed E-state index contributed by atoms with van der Waals surface area (Å²) in [5, 5.41) is 0. The number of aryl methyl sites for hydroxylation is 2. The Morgan fingerprint density at radius 1 is 1.54 bits per heavy atom. The van der Waals surface area contributed by atoms with Crippen LogP contribution in [0.25, 0.3) is 0 Å². The molecule has 1 aromatic heterocycles. The lowest BCUT2D eigenvalue weighted by Gasteiger charge is -2.04. The Bertz CT molecular complexity index is 262. The van der Waals surface area contributed by atoms with Gasteiger partial charge < -0.3 is 10.7 Å². The highest BCUT2D eigenvalue weighted by Gasteiger charge is 2.08. The highest BCUT2D eigenvalue weighted by Crippen LogP contribution is 2.06. The summed E-state index contributed by atoms with van der Waals surface area (Å²) >= 11 is 0. The molecule has 1 atom stereocenters. The number of alkyl halides is 1. The van der Waals surface area contributed by atoms with E-state index in [9.17, 15) is 4.39 Å². The maximum Gasteiger partial charge on any atom is 0.105 e. The van der Waals surface area contributed by atoms with Crippen molar-refractivity contribution < 1.29 is 4.39 Å². The third-order valence-corrected chi connectivity index (χ3v) is 1.77. The van der Waals surface area contributed by atoms with Gasteiger partial charge in [0, 0.05) is 18.2 Å². The van der Waals surface area contributed by atoms with Gasteiger partial charge in [0.25, 0.3) is 0 Å². The number of nitrogens with zero attached hydrogens (tertiary/aromatic N) is 1. The second-order valence-corrected chi connectivity index (χ2v) is 3.00. The fourth-order valence-corrected chi connectivity index (χ4v) is 1.17. The number of nitrogens with two attached hydrogens (primary N) is 1. The van der Waals surface area contributed by atoms with E-state index in [1.165, 1.54) is 0 Å². The highest BCUT2D eigenvalue weighted by molar-refractivity contribution is 8.93. The van der Waals surface area contributed by atoms with Gasteiger partial charge in [-0.15, -0.1) is 17.0 Å². The number of hydrogen-bond acceptors (Lipinski definition) is 2. The van der Waals surface area contributed by atoms with Crippen LogP contribution in [0.2, 0.25) is 0 Å². The molecule has 3 N–H and O–H groups in total. The third kappa shape index (κ3) is 3.44. The molecule has 1 aromatic rings. The summed E-state index contributed by atoms with van der Waals surface area (Å²) in [5.74, 6) is 0.855. The molecule has 5 heteroatoms. The molecule has 0 radical (unpaired) electrons. The molecule has 0 aromatic carbocycles. The summed E-state index contributed by atoms with van der Waals surface area (Å²) < 4.78 is 12.1. The fraction of sp³-hybridized carbons (Fsp3) is 0.625. The van der Waals surface area contributed by atoms with Crippen molar-refractivity contribution in [2.45, 2.75) is 26.3 Å². The smallest absolute Gasteiger partial charge is 0.105 e. The summed E-state index contributed by atoms with van der Waals surface area (Å²) in [7, 11) is 0. The number of rotatable bonds is 3. The van der Waals surface area contributed by atoms with Crippen molar-refractivity contribution in [3.63, 3.8) is 0 Å². The van der Waals surface area contributed by atoms with Crippen molar-refractivity contribution >= 4 is 17.0 Å². The van der Waals surface area contributed by atoms with Crippen molar-refractivity contribution in [2.24, 2.45) is 5.73 Å². The van der Waals surface area contributed by atoms with Crippen molar-refractivity contribution in [2.75, 3.05) is 6.67 Å². The minimum Gasteiger partial charge on any atom is -0.346 e. The van der Waals surface area contributed by atoms with Crippen molar-refractivity contribution in [3.05, 3.63) is 17.2 Å². The van der Waals surface area contributed by atoms with E-state index < -0.39 is 12.7 Å². The first-order valence-electron chi connectivity index (χ1n) is 3.97. The molecular weight excluding hydrogens is 237 g/mol. The molecule has 3 nitrogen and oxygen atoms in total. The van der Waals surface area contributed by atoms with E-state index in [4.69, 9.17) is 5.73 Å². The zero-order valence-electron chi connectivity index (χ0n) is 7.80. The van der Waals surface area contributed by atoms with E-state index in [0.717, 1.165) is 17.2 Å². The molecule has 13 heavy (non-hydrogen) atoms. The third-order valence-electron chi connectivity index (χ3n) is 1.77. The van der Waals surface area contributed by atoms with Gasteiger partial charge in [0.1, 0.15) is 12.5 Å². The van der Waals surface area contributed by atoms with Crippen LogP contribution in [0.15, 0.2) is 0 Å². The number of aromatic amines is 1. The summed E-state index contributed by atoms with van der Waals surface area (Å²) in [6.07, 6.45) is 0.531. The van der Waals surface area contributed by atoms with Gasteiger partial charge in [0.15, 0.2) is 0 Å². The van der Waals surface area contributed by atoms with Gasteiger partial charge in [-0.3, -0.25) is 0 Å². The van der Waals surface area contributed by atoms with E-state index in [2.05, 4.69) is 9.97 Å². The number of aromatic nitrogens is 2. The maximum absolute atomic E-state index is 12.1.